The zero-order valence-corrected chi connectivity index (χ0v) is 10.8. The van der Waals surface area contributed by atoms with Crippen LogP contribution in [0.25, 0.3) is 0 Å². The molecule has 0 bridgehead atoms. The molecule has 2 heteroatoms. The third-order valence-electron chi connectivity index (χ3n) is 3.08. The summed E-state index contributed by atoms with van der Waals surface area (Å²) >= 11 is 6.24. The number of nitrogens with one attached hydrogen (secondary N) is 1. The van der Waals surface area contributed by atoms with E-state index < -0.39 is 0 Å². The molecule has 1 N–H and O–H groups in total. The van der Waals surface area contributed by atoms with Crippen LogP contribution in [0.15, 0.2) is 18.2 Å². The Morgan fingerprint density at radius 2 is 1.88 bits per heavy atom. The minimum Gasteiger partial charge on any atom is -0.311 e. The van der Waals surface area contributed by atoms with Crippen molar-refractivity contribution in [1.82, 2.24) is 5.32 Å². The van der Waals surface area contributed by atoms with Gasteiger partial charge in [-0.2, -0.15) is 0 Å². The van der Waals surface area contributed by atoms with Gasteiger partial charge in [0.1, 0.15) is 0 Å². The van der Waals surface area contributed by atoms with Crippen LogP contribution in [0.3, 0.4) is 0 Å². The fourth-order valence-electron chi connectivity index (χ4n) is 2.15. The molecule has 16 heavy (non-hydrogen) atoms. The topological polar surface area (TPSA) is 12.0 Å². The van der Waals surface area contributed by atoms with Gasteiger partial charge in [0.05, 0.1) is 0 Å². The highest BCUT2D eigenvalue weighted by atomic mass is 35.5. The lowest BCUT2D eigenvalue weighted by atomic mass is 10.1. The lowest BCUT2D eigenvalue weighted by Gasteiger charge is -2.10. The Labute approximate surface area is 103 Å². The van der Waals surface area contributed by atoms with Gasteiger partial charge in [0.2, 0.25) is 0 Å². The number of aryl methyl sites for hydroxylation is 2. The summed E-state index contributed by atoms with van der Waals surface area (Å²) in [5, 5.41) is 3.77. The average Bonchev–Trinajstić information content (AvgIpc) is 2.98. The Balaban J connectivity index is 1.79. The second-order valence-corrected chi connectivity index (χ2v) is 5.54. The minimum atomic E-state index is 0.325. The normalized spacial score (nSPS) is 17.4. The highest BCUT2D eigenvalue weighted by molar-refractivity contribution is 6.21. The fraction of sp³-hybridized carbons (Fsp3) is 0.571. The van der Waals surface area contributed by atoms with Crippen molar-refractivity contribution in [3.05, 3.63) is 34.9 Å². The first-order valence-corrected chi connectivity index (χ1v) is 6.51. The van der Waals surface area contributed by atoms with Crippen LogP contribution in [0.5, 0.6) is 0 Å². The average molecular weight is 238 g/mol. The SMILES string of the molecule is Cc1cc(C)cc(CNCC(Cl)C2CC2)c1. The van der Waals surface area contributed by atoms with Crippen molar-refractivity contribution in [1.29, 1.82) is 0 Å². The first-order valence-electron chi connectivity index (χ1n) is 6.07. The molecular formula is C14H20ClN. The summed E-state index contributed by atoms with van der Waals surface area (Å²) in [5.74, 6) is 0.772. The van der Waals surface area contributed by atoms with Gasteiger partial charge in [-0.1, -0.05) is 29.3 Å². The first kappa shape index (κ1) is 11.9. The lowest BCUT2D eigenvalue weighted by molar-refractivity contribution is 0.620. The molecule has 2 rings (SSSR count). The predicted molar refractivity (Wildman–Crippen MR) is 70.0 cm³/mol. The summed E-state index contributed by atoms with van der Waals surface area (Å²) < 4.78 is 0. The molecule has 1 aliphatic carbocycles. The summed E-state index contributed by atoms with van der Waals surface area (Å²) in [5.41, 5.74) is 4.03. The maximum atomic E-state index is 6.24. The van der Waals surface area contributed by atoms with Gasteiger partial charge in [-0.3, -0.25) is 0 Å². The fourth-order valence-corrected chi connectivity index (χ4v) is 2.51. The van der Waals surface area contributed by atoms with E-state index in [1.807, 2.05) is 0 Å². The Kier molecular flexibility index (Phi) is 3.88. The maximum Gasteiger partial charge on any atom is 0.0488 e. The smallest absolute Gasteiger partial charge is 0.0488 e. The van der Waals surface area contributed by atoms with Gasteiger partial charge in [-0.15, -0.1) is 11.6 Å². The second kappa shape index (κ2) is 5.20. The Morgan fingerprint density at radius 3 is 2.44 bits per heavy atom. The van der Waals surface area contributed by atoms with Crippen LogP contribution in [0.2, 0.25) is 0 Å². The van der Waals surface area contributed by atoms with Crippen molar-refractivity contribution >= 4 is 11.6 Å². The Hall–Kier alpha value is -0.530. The van der Waals surface area contributed by atoms with Gasteiger partial charge in [0, 0.05) is 18.5 Å². The van der Waals surface area contributed by atoms with Crippen LogP contribution in [0.4, 0.5) is 0 Å². The summed E-state index contributed by atoms with van der Waals surface area (Å²) in [4.78, 5) is 0. The quantitative estimate of drug-likeness (QED) is 0.774. The van der Waals surface area contributed by atoms with Crippen LogP contribution in [0.1, 0.15) is 29.5 Å². The molecule has 1 nitrogen and oxygen atoms in total. The molecule has 1 fully saturated rings. The molecule has 0 spiro atoms. The summed E-state index contributed by atoms with van der Waals surface area (Å²) in [7, 11) is 0. The largest absolute Gasteiger partial charge is 0.311 e. The van der Waals surface area contributed by atoms with Gasteiger partial charge < -0.3 is 5.32 Å². The standard InChI is InChI=1S/C14H20ClN/c1-10-5-11(2)7-12(6-10)8-16-9-14(15)13-3-4-13/h5-7,13-14,16H,3-4,8-9H2,1-2H3. The van der Waals surface area contributed by atoms with Crippen LogP contribution < -0.4 is 5.32 Å². The van der Waals surface area contributed by atoms with Gasteiger partial charge in [-0.25, -0.2) is 0 Å². The lowest BCUT2D eigenvalue weighted by Crippen LogP contribution is -2.24. The van der Waals surface area contributed by atoms with E-state index in [0.717, 1.165) is 19.0 Å². The second-order valence-electron chi connectivity index (χ2n) is 4.98. The zero-order valence-electron chi connectivity index (χ0n) is 10.1. The molecule has 88 valence electrons. The Morgan fingerprint density at radius 1 is 1.25 bits per heavy atom. The van der Waals surface area contributed by atoms with Crippen molar-refractivity contribution in [3.63, 3.8) is 0 Å². The summed E-state index contributed by atoms with van der Waals surface area (Å²) in [6, 6.07) is 6.68. The molecule has 0 saturated heterocycles. The van der Waals surface area contributed by atoms with E-state index in [9.17, 15) is 0 Å². The molecule has 1 aliphatic rings. The molecule has 0 aromatic heterocycles. The Bertz CT molecular complexity index is 338. The number of benzene rings is 1. The van der Waals surface area contributed by atoms with Gasteiger partial charge in [0.15, 0.2) is 0 Å². The van der Waals surface area contributed by atoms with E-state index in [0.29, 0.717) is 5.38 Å². The zero-order chi connectivity index (χ0) is 11.5. The van der Waals surface area contributed by atoms with Crippen LogP contribution in [-0.4, -0.2) is 11.9 Å². The molecular weight excluding hydrogens is 218 g/mol. The molecule has 1 aromatic rings. The number of hydrogen-bond donors (Lipinski definition) is 1. The molecule has 1 saturated carbocycles. The summed E-state index contributed by atoms with van der Waals surface area (Å²) in [6.07, 6.45) is 2.64. The summed E-state index contributed by atoms with van der Waals surface area (Å²) in [6.45, 7) is 6.15. The van der Waals surface area contributed by atoms with Crippen molar-refractivity contribution in [2.75, 3.05) is 6.54 Å². The third kappa shape index (κ3) is 3.50. The number of hydrogen-bond acceptors (Lipinski definition) is 1. The highest BCUT2D eigenvalue weighted by Crippen LogP contribution is 2.35. The van der Waals surface area contributed by atoms with Crippen LogP contribution in [-0.2, 0) is 6.54 Å². The van der Waals surface area contributed by atoms with E-state index in [4.69, 9.17) is 11.6 Å². The van der Waals surface area contributed by atoms with Gasteiger partial charge >= 0.3 is 0 Å². The van der Waals surface area contributed by atoms with Crippen LogP contribution in [0, 0.1) is 19.8 Å². The monoisotopic (exact) mass is 237 g/mol. The molecule has 0 radical (unpaired) electrons. The third-order valence-corrected chi connectivity index (χ3v) is 3.59. The molecule has 0 heterocycles. The first-order chi connectivity index (χ1) is 7.65. The predicted octanol–water partition coefficient (Wildman–Crippen LogP) is 3.41. The van der Waals surface area contributed by atoms with E-state index in [1.54, 1.807) is 0 Å². The van der Waals surface area contributed by atoms with Crippen molar-refractivity contribution in [2.45, 2.75) is 38.6 Å². The van der Waals surface area contributed by atoms with Crippen molar-refractivity contribution in [2.24, 2.45) is 5.92 Å². The number of alkyl halides is 1. The highest BCUT2D eigenvalue weighted by Gasteiger charge is 2.28. The van der Waals surface area contributed by atoms with E-state index in [1.165, 1.54) is 29.5 Å². The van der Waals surface area contributed by atoms with Crippen molar-refractivity contribution in [3.8, 4) is 0 Å². The number of halogens is 1. The van der Waals surface area contributed by atoms with Gasteiger partial charge in [-0.05, 0) is 38.2 Å². The van der Waals surface area contributed by atoms with E-state index in [2.05, 4.69) is 37.4 Å². The minimum absolute atomic E-state index is 0.325. The molecule has 1 aromatic carbocycles. The molecule has 0 aliphatic heterocycles. The van der Waals surface area contributed by atoms with Crippen LogP contribution >= 0.6 is 11.6 Å². The van der Waals surface area contributed by atoms with Gasteiger partial charge in [0.25, 0.3) is 0 Å². The number of rotatable bonds is 5. The van der Waals surface area contributed by atoms with Crippen molar-refractivity contribution < 1.29 is 0 Å². The molecule has 1 unspecified atom stereocenters. The maximum absolute atomic E-state index is 6.24. The van der Waals surface area contributed by atoms with E-state index >= 15 is 0 Å². The molecule has 0 amide bonds. The molecule has 1 atom stereocenters. The van der Waals surface area contributed by atoms with E-state index in [-0.39, 0.29) is 0 Å².